The van der Waals surface area contributed by atoms with E-state index in [-0.39, 0.29) is 57.3 Å². The summed E-state index contributed by atoms with van der Waals surface area (Å²) in [6.45, 7) is 3.74. The van der Waals surface area contributed by atoms with Crippen LogP contribution in [0.1, 0.15) is 20.3 Å². The van der Waals surface area contributed by atoms with Gasteiger partial charge in [-0.15, -0.1) is 0 Å². The molecule has 5 nitrogen and oxygen atoms in total. The van der Waals surface area contributed by atoms with Gasteiger partial charge in [0.1, 0.15) is 12.1 Å². The molecule has 70 valence electrons. The molecule has 0 aliphatic heterocycles. The van der Waals surface area contributed by atoms with E-state index in [0.29, 0.717) is 6.42 Å². The van der Waals surface area contributed by atoms with Gasteiger partial charge >= 0.3 is 51.4 Å². The normalized spacial score (nSPS) is 11.6. The van der Waals surface area contributed by atoms with Crippen molar-refractivity contribution in [1.82, 2.24) is 5.32 Å². The Morgan fingerprint density at radius 1 is 1.46 bits per heavy atom. The van der Waals surface area contributed by atoms with Gasteiger partial charge in [-0.2, -0.15) is 0 Å². The van der Waals surface area contributed by atoms with Gasteiger partial charge < -0.3 is 21.0 Å². The molecule has 0 aromatic heterocycles. The Morgan fingerprint density at radius 2 is 1.92 bits per heavy atom. The van der Waals surface area contributed by atoms with Crippen LogP contribution in [0.3, 0.4) is 0 Å². The smallest absolute Gasteiger partial charge is 0.530 e. The van der Waals surface area contributed by atoms with Gasteiger partial charge in [0.25, 0.3) is 0 Å². The minimum atomic E-state index is -1.47. The van der Waals surface area contributed by atoms with Gasteiger partial charge in [0.05, 0.1) is 0 Å². The van der Waals surface area contributed by atoms with Crippen molar-refractivity contribution in [2.75, 3.05) is 0 Å². The predicted molar refractivity (Wildman–Crippen MR) is 41.0 cm³/mol. The average Bonchev–Trinajstić information content (AvgIpc) is 1.83. The van der Waals surface area contributed by atoms with E-state index < -0.39 is 18.0 Å². The van der Waals surface area contributed by atoms with Crippen molar-refractivity contribution < 1.29 is 66.1 Å². The predicted octanol–water partition coefficient (Wildman–Crippen LogP) is -4.18. The summed E-state index contributed by atoms with van der Waals surface area (Å²) in [4.78, 5) is 20.7. The van der Waals surface area contributed by atoms with Crippen LogP contribution in [-0.2, 0) is 4.79 Å². The van der Waals surface area contributed by atoms with Crippen LogP contribution < -0.4 is 67.5 Å². The summed E-state index contributed by atoms with van der Waals surface area (Å²) in [7, 11) is 0. The topological polar surface area (TPSA) is 95.2 Å². The molecule has 0 saturated heterocycles. The first-order valence-corrected chi connectivity index (χ1v) is 3.70. The monoisotopic (exact) mass is 212 g/mol. The van der Waals surface area contributed by atoms with Gasteiger partial charge in [0, 0.05) is 0 Å². The number of nitrogens with two attached hydrogens (primary N) is 1. The van der Waals surface area contributed by atoms with Gasteiger partial charge in [-0.1, -0.05) is 13.8 Å². The molecular formula is C7H13KN2O3. The molecule has 0 aliphatic carbocycles. The standard InChI is InChI=1S/C7H14N2O3.K/c1-4(2)3-5(6(8)10)9-7(11)12;/h4-5,9H,3H2,1-2H3,(H2,8,10)(H,11,12);/q;+1/p-1/t5-;/m0./s1. The summed E-state index contributed by atoms with van der Waals surface area (Å²) < 4.78 is 0. The van der Waals surface area contributed by atoms with Crippen molar-refractivity contribution in [3.63, 3.8) is 0 Å². The van der Waals surface area contributed by atoms with Crippen molar-refractivity contribution in [3.8, 4) is 0 Å². The van der Waals surface area contributed by atoms with E-state index in [4.69, 9.17) is 5.73 Å². The molecule has 0 rings (SSSR count). The van der Waals surface area contributed by atoms with Crippen molar-refractivity contribution in [3.05, 3.63) is 0 Å². The van der Waals surface area contributed by atoms with Gasteiger partial charge in [0.15, 0.2) is 0 Å². The maximum Gasteiger partial charge on any atom is 1.00 e. The van der Waals surface area contributed by atoms with E-state index in [1.807, 2.05) is 19.2 Å². The molecular weight excluding hydrogens is 199 g/mol. The van der Waals surface area contributed by atoms with Gasteiger partial charge in [-0.3, -0.25) is 4.79 Å². The van der Waals surface area contributed by atoms with Crippen LogP contribution in [0.2, 0.25) is 0 Å². The fraction of sp³-hybridized carbons (Fsp3) is 0.714. The van der Waals surface area contributed by atoms with E-state index in [1.54, 1.807) is 0 Å². The summed E-state index contributed by atoms with van der Waals surface area (Å²) in [5.41, 5.74) is 4.94. The number of carbonyl (C=O) groups is 2. The number of amides is 2. The molecule has 0 radical (unpaired) electrons. The molecule has 13 heavy (non-hydrogen) atoms. The molecule has 0 aliphatic rings. The third-order valence-corrected chi connectivity index (χ3v) is 1.34. The molecule has 3 N–H and O–H groups in total. The van der Waals surface area contributed by atoms with E-state index in [9.17, 15) is 14.7 Å². The van der Waals surface area contributed by atoms with Crippen LogP contribution in [0.4, 0.5) is 4.79 Å². The fourth-order valence-corrected chi connectivity index (χ4v) is 0.860. The molecule has 0 saturated carbocycles. The Balaban J connectivity index is 0. The summed E-state index contributed by atoms with van der Waals surface area (Å²) in [5.74, 6) is -0.470. The summed E-state index contributed by atoms with van der Waals surface area (Å²) in [5, 5.41) is 12.0. The zero-order valence-corrected chi connectivity index (χ0v) is 11.3. The first-order valence-electron chi connectivity index (χ1n) is 3.70. The van der Waals surface area contributed by atoms with Crippen molar-refractivity contribution in [2.24, 2.45) is 11.7 Å². The maximum atomic E-state index is 10.6. The van der Waals surface area contributed by atoms with Crippen molar-refractivity contribution in [1.29, 1.82) is 0 Å². The first kappa shape index (κ1) is 15.8. The number of rotatable bonds is 4. The molecule has 0 bridgehead atoms. The van der Waals surface area contributed by atoms with Crippen LogP contribution in [0.5, 0.6) is 0 Å². The third-order valence-electron chi connectivity index (χ3n) is 1.34. The Hall–Kier alpha value is 0.376. The SMILES string of the molecule is CC(C)C[C@H](NC(=O)[O-])C(N)=O.[K+]. The average molecular weight is 212 g/mol. The van der Waals surface area contributed by atoms with Crippen LogP contribution >= 0.6 is 0 Å². The number of nitrogens with one attached hydrogen (secondary N) is 1. The zero-order valence-electron chi connectivity index (χ0n) is 8.16. The van der Waals surface area contributed by atoms with Gasteiger partial charge in [0.2, 0.25) is 5.91 Å². The second-order valence-electron chi connectivity index (χ2n) is 3.02. The molecule has 0 aromatic rings. The second-order valence-corrected chi connectivity index (χ2v) is 3.02. The van der Waals surface area contributed by atoms with Crippen LogP contribution in [0.15, 0.2) is 0 Å². The molecule has 0 heterocycles. The summed E-state index contributed by atoms with van der Waals surface area (Å²) in [6, 6.07) is -0.838. The Labute approximate surface area is 120 Å². The number of hydrogen-bond donors (Lipinski definition) is 2. The largest absolute Gasteiger partial charge is 1.00 e. The minimum absolute atomic E-state index is 0. The Bertz CT molecular complexity index is 185. The van der Waals surface area contributed by atoms with Gasteiger partial charge in [-0.25, -0.2) is 0 Å². The van der Waals surface area contributed by atoms with Gasteiger partial charge in [-0.05, 0) is 12.3 Å². The molecule has 0 unspecified atom stereocenters. The fourth-order valence-electron chi connectivity index (χ4n) is 0.860. The molecule has 0 spiro atoms. The Kier molecular flexibility index (Phi) is 9.44. The van der Waals surface area contributed by atoms with E-state index in [1.165, 1.54) is 0 Å². The minimum Gasteiger partial charge on any atom is -0.530 e. The molecule has 6 heteroatoms. The van der Waals surface area contributed by atoms with Crippen LogP contribution in [-0.4, -0.2) is 18.0 Å². The van der Waals surface area contributed by atoms with Crippen molar-refractivity contribution >= 4 is 12.0 Å². The molecule has 2 amide bonds. The van der Waals surface area contributed by atoms with Crippen molar-refractivity contribution in [2.45, 2.75) is 26.3 Å². The zero-order chi connectivity index (χ0) is 9.72. The number of carboxylic acid groups (broad SMARTS) is 1. The molecule has 1 atom stereocenters. The van der Waals surface area contributed by atoms with E-state index >= 15 is 0 Å². The summed E-state index contributed by atoms with van der Waals surface area (Å²) >= 11 is 0. The second kappa shape index (κ2) is 7.75. The van der Waals surface area contributed by atoms with Crippen LogP contribution in [0.25, 0.3) is 0 Å². The van der Waals surface area contributed by atoms with E-state index in [2.05, 4.69) is 0 Å². The molecule has 0 fully saturated rings. The molecule has 0 aromatic carbocycles. The van der Waals surface area contributed by atoms with E-state index in [0.717, 1.165) is 0 Å². The third kappa shape index (κ3) is 8.70. The number of primary amides is 1. The Morgan fingerprint density at radius 3 is 2.15 bits per heavy atom. The number of hydrogen-bond acceptors (Lipinski definition) is 3. The number of carbonyl (C=O) groups excluding carboxylic acids is 2. The maximum absolute atomic E-state index is 10.6. The quantitative estimate of drug-likeness (QED) is 0.463. The first-order chi connectivity index (χ1) is 5.43. The summed E-state index contributed by atoms with van der Waals surface area (Å²) in [6.07, 6.45) is -1.08. The van der Waals surface area contributed by atoms with Crippen LogP contribution in [0, 0.1) is 5.92 Å².